The number of hydrogen-bond donors (Lipinski definition) is 1. The zero-order valence-corrected chi connectivity index (χ0v) is 14.1. The summed E-state index contributed by atoms with van der Waals surface area (Å²) in [6.07, 6.45) is 2.77. The van der Waals surface area contributed by atoms with E-state index >= 15 is 0 Å². The monoisotopic (exact) mass is 354 g/mol. The summed E-state index contributed by atoms with van der Waals surface area (Å²) >= 11 is 5.88. The smallest absolute Gasteiger partial charge is 0.252 e. The Balaban J connectivity index is 2.39. The predicted molar refractivity (Wildman–Crippen MR) is 86.5 cm³/mol. The molecule has 1 aromatic carbocycles. The molecule has 0 radical (unpaired) electrons. The van der Waals surface area contributed by atoms with E-state index in [2.05, 4.69) is 10.3 Å². The zero-order chi connectivity index (χ0) is 17.0. The molecule has 1 N–H and O–H groups in total. The quantitative estimate of drug-likeness (QED) is 0.888. The Morgan fingerprint density at radius 3 is 2.70 bits per heavy atom. The molecule has 0 bridgehead atoms. The molecule has 6 nitrogen and oxygen atoms in total. The molecule has 8 heteroatoms. The first kappa shape index (κ1) is 17.2. The number of carbonyl (C=O) groups excluding carboxylic acids is 1. The minimum Gasteiger partial charge on any atom is -0.495 e. The lowest BCUT2D eigenvalue weighted by Gasteiger charge is -2.10. The number of sulfone groups is 1. The number of hydrogen-bond acceptors (Lipinski definition) is 5. The SMILES string of the molecule is CNC(=O)c1cncc(CS(=O)(=O)c2cc(Cl)ccc2OC)c1. The Kier molecular flexibility index (Phi) is 5.23. The first-order valence-electron chi connectivity index (χ1n) is 6.59. The van der Waals surface area contributed by atoms with Crippen LogP contribution in [0.25, 0.3) is 0 Å². The van der Waals surface area contributed by atoms with E-state index in [1.54, 1.807) is 6.07 Å². The molecule has 0 saturated carbocycles. The summed E-state index contributed by atoms with van der Waals surface area (Å²) in [5, 5.41) is 2.76. The van der Waals surface area contributed by atoms with Gasteiger partial charge in [0.1, 0.15) is 10.6 Å². The van der Waals surface area contributed by atoms with Gasteiger partial charge < -0.3 is 10.1 Å². The Hall–Kier alpha value is -2.12. The van der Waals surface area contributed by atoms with Gasteiger partial charge in [0.05, 0.1) is 18.4 Å². The van der Waals surface area contributed by atoms with Crippen molar-refractivity contribution >= 4 is 27.3 Å². The van der Waals surface area contributed by atoms with Crippen LogP contribution in [0.5, 0.6) is 5.75 Å². The highest BCUT2D eigenvalue weighted by Gasteiger charge is 2.21. The normalized spacial score (nSPS) is 11.1. The number of methoxy groups -OCH3 is 1. The molecule has 0 aliphatic carbocycles. The molecule has 122 valence electrons. The van der Waals surface area contributed by atoms with Crippen molar-refractivity contribution in [2.24, 2.45) is 0 Å². The Labute approximate surface area is 139 Å². The largest absolute Gasteiger partial charge is 0.495 e. The Bertz CT molecular complexity index is 837. The minimum atomic E-state index is -3.71. The van der Waals surface area contributed by atoms with E-state index in [0.29, 0.717) is 16.1 Å². The average molecular weight is 355 g/mol. The number of pyridine rings is 1. The van der Waals surface area contributed by atoms with E-state index in [-0.39, 0.29) is 22.3 Å². The topological polar surface area (TPSA) is 85.4 Å². The summed E-state index contributed by atoms with van der Waals surface area (Å²) in [6, 6.07) is 5.87. The second kappa shape index (κ2) is 6.97. The van der Waals surface area contributed by atoms with Gasteiger partial charge in [-0.2, -0.15) is 0 Å². The van der Waals surface area contributed by atoms with Crippen molar-refractivity contribution in [2.45, 2.75) is 10.6 Å². The van der Waals surface area contributed by atoms with Crippen molar-refractivity contribution < 1.29 is 17.9 Å². The van der Waals surface area contributed by atoms with Crippen LogP contribution in [0.3, 0.4) is 0 Å². The van der Waals surface area contributed by atoms with Crippen molar-refractivity contribution in [3.63, 3.8) is 0 Å². The molecule has 0 spiro atoms. The summed E-state index contributed by atoms with van der Waals surface area (Å²) in [7, 11) is -0.835. The number of ether oxygens (including phenoxy) is 1. The third kappa shape index (κ3) is 4.00. The second-order valence-corrected chi connectivity index (χ2v) is 7.11. The van der Waals surface area contributed by atoms with E-state index in [0.717, 1.165) is 0 Å². The number of carbonyl (C=O) groups is 1. The first-order chi connectivity index (χ1) is 10.9. The van der Waals surface area contributed by atoms with Gasteiger partial charge in [-0.05, 0) is 29.8 Å². The summed E-state index contributed by atoms with van der Waals surface area (Å²) in [5.74, 6) is -0.441. The van der Waals surface area contributed by atoms with Crippen molar-refractivity contribution in [1.82, 2.24) is 10.3 Å². The van der Waals surface area contributed by atoms with E-state index in [9.17, 15) is 13.2 Å². The summed E-state index contributed by atoms with van der Waals surface area (Å²) in [5.41, 5.74) is 0.686. The second-order valence-electron chi connectivity index (χ2n) is 4.72. The van der Waals surface area contributed by atoms with Crippen LogP contribution >= 0.6 is 11.6 Å². The van der Waals surface area contributed by atoms with Crippen LogP contribution in [0.4, 0.5) is 0 Å². The van der Waals surface area contributed by atoms with E-state index in [4.69, 9.17) is 16.3 Å². The van der Waals surface area contributed by atoms with Gasteiger partial charge in [0, 0.05) is 24.5 Å². The molecule has 1 heterocycles. The van der Waals surface area contributed by atoms with Gasteiger partial charge in [-0.1, -0.05) is 11.6 Å². The fourth-order valence-electron chi connectivity index (χ4n) is 2.03. The fourth-order valence-corrected chi connectivity index (χ4v) is 3.78. The average Bonchev–Trinajstić information content (AvgIpc) is 2.54. The molecular weight excluding hydrogens is 340 g/mol. The molecule has 0 aliphatic rings. The standard InChI is InChI=1S/C15H15ClN2O4S/c1-17-15(19)11-5-10(7-18-8-11)9-23(20,21)14-6-12(16)3-4-13(14)22-2/h3-8H,9H2,1-2H3,(H,17,19). The maximum Gasteiger partial charge on any atom is 0.252 e. The molecule has 1 amide bonds. The third-order valence-electron chi connectivity index (χ3n) is 3.10. The molecule has 2 aromatic rings. The van der Waals surface area contributed by atoms with Crippen molar-refractivity contribution in [2.75, 3.05) is 14.2 Å². The molecule has 0 unspecified atom stereocenters. The fraction of sp³-hybridized carbons (Fsp3) is 0.200. The number of nitrogens with one attached hydrogen (secondary N) is 1. The van der Waals surface area contributed by atoms with Crippen LogP contribution < -0.4 is 10.1 Å². The number of rotatable bonds is 5. The highest BCUT2D eigenvalue weighted by atomic mass is 35.5. The van der Waals surface area contributed by atoms with Crippen LogP contribution in [0.1, 0.15) is 15.9 Å². The predicted octanol–water partition coefficient (Wildman–Crippen LogP) is 2.08. The van der Waals surface area contributed by atoms with E-state index in [1.807, 2.05) is 0 Å². The van der Waals surface area contributed by atoms with Gasteiger partial charge in [0.2, 0.25) is 0 Å². The zero-order valence-electron chi connectivity index (χ0n) is 12.5. The van der Waals surface area contributed by atoms with Crippen molar-refractivity contribution in [1.29, 1.82) is 0 Å². The highest BCUT2D eigenvalue weighted by molar-refractivity contribution is 7.90. The molecule has 23 heavy (non-hydrogen) atoms. The van der Waals surface area contributed by atoms with Crippen LogP contribution in [0.2, 0.25) is 5.02 Å². The van der Waals surface area contributed by atoms with Gasteiger partial charge in [-0.3, -0.25) is 9.78 Å². The van der Waals surface area contributed by atoms with Gasteiger partial charge in [0.15, 0.2) is 9.84 Å². The van der Waals surface area contributed by atoms with Crippen molar-refractivity contribution in [3.05, 3.63) is 52.8 Å². The van der Waals surface area contributed by atoms with Gasteiger partial charge >= 0.3 is 0 Å². The Morgan fingerprint density at radius 2 is 2.04 bits per heavy atom. The lowest BCUT2D eigenvalue weighted by Crippen LogP contribution is -2.18. The summed E-state index contributed by atoms with van der Waals surface area (Å²) in [4.78, 5) is 15.5. The maximum atomic E-state index is 12.6. The highest BCUT2D eigenvalue weighted by Crippen LogP contribution is 2.29. The number of benzene rings is 1. The summed E-state index contributed by atoms with van der Waals surface area (Å²) in [6.45, 7) is 0. The summed E-state index contributed by atoms with van der Waals surface area (Å²) < 4.78 is 30.3. The lowest BCUT2D eigenvalue weighted by molar-refractivity contribution is 0.0962. The van der Waals surface area contributed by atoms with Crippen LogP contribution in [0, 0.1) is 0 Å². The Morgan fingerprint density at radius 1 is 1.30 bits per heavy atom. The van der Waals surface area contributed by atoms with Gasteiger partial charge in [-0.15, -0.1) is 0 Å². The van der Waals surface area contributed by atoms with Crippen LogP contribution in [0.15, 0.2) is 41.6 Å². The van der Waals surface area contributed by atoms with Gasteiger partial charge in [0.25, 0.3) is 5.91 Å². The number of halogens is 1. The molecule has 2 rings (SSSR count). The number of aromatic nitrogens is 1. The van der Waals surface area contributed by atoms with Crippen LogP contribution in [-0.4, -0.2) is 33.5 Å². The molecule has 1 aromatic heterocycles. The third-order valence-corrected chi connectivity index (χ3v) is 5.04. The molecular formula is C15H15ClN2O4S. The molecule has 0 atom stereocenters. The number of nitrogens with zero attached hydrogens (tertiary/aromatic N) is 1. The molecule has 0 saturated heterocycles. The van der Waals surface area contributed by atoms with Crippen molar-refractivity contribution in [3.8, 4) is 5.75 Å². The maximum absolute atomic E-state index is 12.6. The lowest BCUT2D eigenvalue weighted by atomic mass is 10.2. The van der Waals surface area contributed by atoms with Gasteiger partial charge in [-0.25, -0.2) is 8.42 Å². The van der Waals surface area contributed by atoms with Crippen LogP contribution in [-0.2, 0) is 15.6 Å². The van der Waals surface area contributed by atoms with E-state index in [1.165, 1.54) is 44.8 Å². The molecule has 0 fully saturated rings. The first-order valence-corrected chi connectivity index (χ1v) is 8.62. The number of amides is 1. The van der Waals surface area contributed by atoms with E-state index < -0.39 is 9.84 Å². The minimum absolute atomic E-state index is 0.00199. The molecule has 0 aliphatic heterocycles.